The van der Waals surface area contributed by atoms with E-state index >= 15 is 0 Å². The molecule has 0 aromatic rings. The molecule has 4 aliphatic carbocycles. The Morgan fingerprint density at radius 1 is 1.00 bits per heavy atom. The Labute approximate surface area is 98.8 Å². The van der Waals surface area contributed by atoms with Gasteiger partial charge in [0.15, 0.2) is 0 Å². The molecule has 4 rings (SSSR count). The van der Waals surface area contributed by atoms with Gasteiger partial charge in [-0.05, 0) is 62.2 Å². The molecule has 4 aliphatic rings. The summed E-state index contributed by atoms with van der Waals surface area (Å²) in [5, 5.41) is 0. The van der Waals surface area contributed by atoms with Gasteiger partial charge >= 0.3 is 6.18 Å². The van der Waals surface area contributed by atoms with Crippen LogP contribution in [0.4, 0.5) is 17.6 Å². The molecule has 4 fully saturated rings. The van der Waals surface area contributed by atoms with Crippen molar-refractivity contribution in [3.63, 3.8) is 0 Å². The fourth-order valence-corrected chi connectivity index (χ4v) is 5.04. The highest BCUT2D eigenvalue weighted by Crippen LogP contribution is 2.64. The van der Waals surface area contributed by atoms with Crippen LogP contribution in [0.25, 0.3) is 0 Å². The number of hydrogen-bond acceptors (Lipinski definition) is 0. The van der Waals surface area contributed by atoms with Crippen LogP contribution in [-0.2, 0) is 0 Å². The van der Waals surface area contributed by atoms with Crippen LogP contribution in [0, 0.1) is 17.3 Å². The van der Waals surface area contributed by atoms with E-state index in [4.69, 9.17) is 0 Å². The third-order valence-electron chi connectivity index (χ3n) is 5.05. The van der Waals surface area contributed by atoms with Crippen LogP contribution >= 0.6 is 0 Å². The van der Waals surface area contributed by atoms with Gasteiger partial charge in [-0.3, -0.25) is 0 Å². The third-order valence-corrected chi connectivity index (χ3v) is 5.05. The Bertz CT molecular complexity index is 306. The lowest BCUT2D eigenvalue weighted by atomic mass is 9.47. The summed E-state index contributed by atoms with van der Waals surface area (Å²) in [4.78, 5) is 0. The molecule has 0 amide bonds. The quantitative estimate of drug-likeness (QED) is 0.626. The Kier molecular flexibility index (Phi) is 2.35. The normalized spacial score (nSPS) is 48.7. The molecule has 0 saturated heterocycles. The van der Waals surface area contributed by atoms with Crippen molar-refractivity contribution in [2.45, 2.75) is 63.2 Å². The van der Waals surface area contributed by atoms with Gasteiger partial charge in [-0.25, -0.2) is 4.39 Å². The lowest BCUT2D eigenvalue weighted by Gasteiger charge is -2.59. The number of halogens is 4. The Hall–Kier alpha value is -0.280. The second kappa shape index (κ2) is 3.39. The SMILES string of the molecule is FC(F)(F)CCC12C[C@@H]3C[C@@H](CC(F)(C3)C1)C2. The van der Waals surface area contributed by atoms with Gasteiger partial charge in [0.25, 0.3) is 0 Å². The van der Waals surface area contributed by atoms with Crippen LogP contribution in [0.2, 0.25) is 0 Å². The maximum absolute atomic E-state index is 14.5. The smallest absolute Gasteiger partial charge is 0.244 e. The summed E-state index contributed by atoms with van der Waals surface area (Å²) in [7, 11) is 0. The van der Waals surface area contributed by atoms with Gasteiger partial charge in [0.05, 0.1) is 0 Å². The van der Waals surface area contributed by atoms with Gasteiger partial charge in [-0.2, -0.15) is 13.2 Å². The molecule has 4 heteroatoms. The van der Waals surface area contributed by atoms with Crippen LogP contribution in [-0.4, -0.2) is 11.8 Å². The van der Waals surface area contributed by atoms with Gasteiger partial charge in [0.1, 0.15) is 5.67 Å². The first kappa shape index (κ1) is 11.8. The van der Waals surface area contributed by atoms with Crippen molar-refractivity contribution in [1.82, 2.24) is 0 Å². The molecule has 0 aliphatic heterocycles. The lowest BCUT2D eigenvalue weighted by Crippen LogP contribution is -2.53. The molecule has 0 aromatic carbocycles. The number of alkyl halides is 4. The first-order chi connectivity index (χ1) is 7.78. The first-order valence-electron chi connectivity index (χ1n) is 6.53. The van der Waals surface area contributed by atoms with Gasteiger partial charge in [-0.15, -0.1) is 0 Å². The molecular formula is C13H18F4. The average Bonchev–Trinajstić information content (AvgIpc) is 2.09. The fourth-order valence-electron chi connectivity index (χ4n) is 5.04. The zero-order valence-corrected chi connectivity index (χ0v) is 9.82. The number of rotatable bonds is 2. The van der Waals surface area contributed by atoms with E-state index in [1.807, 2.05) is 0 Å². The van der Waals surface area contributed by atoms with Crippen LogP contribution in [0.1, 0.15) is 51.4 Å². The summed E-state index contributed by atoms with van der Waals surface area (Å²) < 4.78 is 51.5. The summed E-state index contributed by atoms with van der Waals surface area (Å²) in [6.07, 6.45) is -0.335. The molecule has 98 valence electrons. The molecule has 0 aromatic heterocycles. The predicted octanol–water partition coefficient (Wildman–Crippen LogP) is 4.64. The van der Waals surface area contributed by atoms with Crippen LogP contribution in [0.5, 0.6) is 0 Å². The minimum absolute atomic E-state index is 0.148. The van der Waals surface area contributed by atoms with Crippen molar-refractivity contribution in [1.29, 1.82) is 0 Å². The highest BCUT2D eigenvalue weighted by Gasteiger charge is 2.58. The molecule has 0 heterocycles. The molecule has 2 unspecified atom stereocenters. The predicted molar refractivity (Wildman–Crippen MR) is 56.2 cm³/mol. The fraction of sp³-hybridized carbons (Fsp3) is 1.00. The summed E-state index contributed by atoms with van der Waals surface area (Å²) in [5.41, 5.74) is -1.45. The molecule has 17 heavy (non-hydrogen) atoms. The monoisotopic (exact) mass is 250 g/mol. The van der Waals surface area contributed by atoms with Crippen molar-refractivity contribution >= 4 is 0 Å². The summed E-state index contributed by atoms with van der Waals surface area (Å²) >= 11 is 0. The van der Waals surface area contributed by atoms with Crippen molar-refractivity contribution in [2.24, 2.45) is 17.3 Å². The first-order valence-corrected chi connectivity index (χ1v) is 6.53. The zero-order valence-electron chi connectivity index (χ0n) is 9.82. The molecule has 0 N–H and O–H groups in total. The van der Waals surface area contributed by atoms with Gasteiger partial charge in [-0.1, -0.05) is 0 Å². The van der Waals surface area contributed by atoms with E-state index in [-0.39, 0.29) is 11.8 Å². The second-order valence-electron chi connectivity index (χ2n) is 6.73. The molecule has 4 bridgehead atoms. The van der Waals surface area contributed by atoms with E-state index in [0.717, 1.165) is 19.3 Å². The zero-order chi connectivity index (χ0) is 12.3. The van der Waals surface area contributed by atoms with Crippen molar-refractivity contribution in [2.75, 3.05) is 0 Å². The minimum Gasteiger partial charge on any atom is -0.244 e. The summed E-state index contributed by atoms with van der Waals surface area (Å²) in [6, 6.07) is 0. The lowest BCUT2D eigenvalue weighted by molar-refractivity contribution is -0.165. The van der Waals surface area contributed by atoms with E-state index < -0.39 is 18.3 Å². The largest absolute Gasteiger partial charge is 0.389 e. The summed E-state index contributed by atoms with van der Waals surface area (Å²) in [6.45, 7) is 0. The average molecular weight is 250 g/mol. The molecule has 0 nitrogen and oxygen atoms in total. The van der Waals surface area contributed by atoms with Gasteiger partial charge in [0, 0.05) is 6.42 Å². The third kappa shape index (κ3) is 2.19. The van der Waals surface area contributed by atoms with Gasteiger partial charge in [0.2, 0.25) is 0 Å². The summed E-state index contributed by atoms with van der Waals surface area (Å²) in [5.74, 6) is 0.712. The van der Waals surface area contributed by atoms with Crippen molar-refractivity contribution in [3.8, 4) is 0 Å². The van der Waals surface area contributed by atoms with E-state index in [0.29, 0.717) is 31.1 Å². The Balaban J connectivity index is 1.75. The van der Waals surface area contributed by atoms with Crippen molar-refractivity contribution in [3.05, 3.63) is 0 Å². The maximum atomic E-state index is 14.5. The van der Waals surface area contributed by atoms with E-state index in [2.05, 4.69) is 0 Å². The Morgan fingerprint density at radius 2 is 1.59 bits per heavy atom. The van der Waals surface area contributed by atoms with Crippen LogP contribution in [0.15, 0.2) is 0 Å². The van der Waals surface area contributed by atoms with Crippen molar-refractivity contribution < 1.29 is 17.6 Å². The van der Waals surface area contributed by atoms with E-state index in [9.17, 15) is 17.6 Å². The maximum Gasteiger partial charge on any atom is 0.389 e. The van der Waals surface area contributed by atoms with E-state index in [1.165, 1.54) is 0 Å². The topological polar surface area (TPSA) is 0 Å². The standard InChI is InChI=1S/C13H18F4/c14-12-6-9-3-10(7-12)5-11(4-9,8-12)1-2-13(15,16)17/h9-10H,1-8H2/t9-,10+,11?,12?. The number of hydrogen-bond donors (Lipinski definition) is 0. The second-order valence-corrected chi connectivity index (χ2v) is 6.73. The highest BCUT2D eigenvalue weighted by atomic mass is 19.4. The molecule has 4 atom stereocenters. The van der Waals surface area contributed by atoms with E-state index in [1.54, 1.807) is 0 Å². The highest BCUT2D eigenvalue weighted by molar-refractivity contribution is 5.08. The van der Waals surface area contributed by atoms with Crippen LogP contribution in [0.3, 0.4) is 0 Å². The minimum atomic E-state index is -4.09. The molecule has 4 saturated carbocycles. The molecule has 0 radical (unpaired) electrons. The molecule has 0 spiro atoms. The van der Waals surface area contributed by atoms with Gasteiger partial charge < -0.3 is 0 Å². The van der Waals surface area contributed by atoms with Crippen LogP contribution < -0.4 is 0 Å². The Morgan fingerprint density at radius 3 is 2.06 bits per heavy atom. The molecular weight excluding hydrogens is 232 g/mol.